The van der Waals surface area contributed by atoms with Crippen LogP contribution in [-0.4, -0.2) is 41.1 Å². The van der Waals surface area contributed by atoms with E-state index in [1.54, 1.807) is 12.1 Å². The average molecular weight is 449 g/mol. The Morgan fingerprint density at radius 3 is 2.18 bits per heavy atom. The van der Waals surface area contributed by atoms with E-state index in [1.165, 1.54) is 4.90 Å². The molecule has 3 aromatic carbocycles. The van der Waals surface area contributed by atoms with Crippen molar-refractivity contribution < 1.29 is 14.4 Å². The standard InChI is InChI=1S/C29H24N2O3/c32-27(21-12-5-2-6-13-21)26-25-24(23-16-15-20-11-7-8-14-22(20)31(23)26)28(33)30(29(25)34)18-17-19-9-3-1-4-10-19/h1-16,23-26H,17-18H2. The normalized spacial score (nSPS) is 24.7. The molecule has 4 atom stereocenters. The van der Waals surface area contributed by atoms with Crippen molar-refractivity contribution in [2.75, 3.05) is 11.4 Å². The summed E-state index contributed by atoms with van der Waals surface area (Å²) in [4.78, 5) is 44.6. The third-order valence-corrected chi connectivity index (χ3v) is 7.30. The van der Waals surface area contributed by atoms with Gasteiger partial charge in [-0.15, -0.1) is 0 Å². The molecule has 0 saturated carbocycles. The Kier molecular flexibility index (Phi) is 4.91. The molecule has 0 bridgehead atoms. The van der Waals surface area contributed by atoms with Crippen molar-refractivity contribution in [1.29, 1.82) is 0 Å². The van der Waals surface area contributed by atoms with Gasteiger partial charge in [0.2, 0.25) is 11.8 Å². The van der Waals surface area contributed by atoms with Gasteiger partial charge in [0.15, 0.2) is 5.78 Å². The van der Waals surface area contributed by atoms with Crippen molar-refractivity contribution >= 4 is 29.4 Å². The summed E-state index contributed by atoms with van der Waals surface area (Å²) in [5.74, 6) is -1.79. The first-order valence-electron chi connectivity index (χ1n) is 11.7. The number of imide groups is 1. The lowest BCUT2D eigenvalue weighted by atomic mass is 9.86. The fourth-order valence-corrected chi connectivity index (χ4v) is 5.75. The summed E-state index contributed by atoms with van der Waals surface area (Å²) in [5.41, 5.74) is 3.52. The second-order valence-corrected chi connectivity index (χ2v) is 9.11. The van der Waals surface area contributed by atoms with Crippen LogP contribution in [0.3, 0.4) is 0 Å². The maximum absolute atomic E-state index is 13.8. The van der Waals surface area contributed by atoms with E-state index >= 15 is 0 Å². The third kappa shape index (κ3) is 3.11. The second kappa shape index (κ2) is 8.10. The van der Waals surface area contributed by atoms with Crippen LogP contribution >= 0.6 is 0 Å². The number of likely N-dealkylation sites (tertiary alicyclic amines) is 1. The van der Waals surface area contributed by atoms with Gasteiger partial charge in [-0.25, -0.2) is 0 Å². The fourth-order valence-electron chi connectivity index (χ4n) is 5.75. The molecular weight excluding hydrogens is 424 g/mol. The van der Waals surface area contributed by atoms with Crippen molar-refractivity contribution in [2.24, 2.45) is 11.8 Å². The van der Waals surface area contributed by atoms with E-state index in [0.717, 1.165) is 16.8 Å². The van der Waals surface area contributed by atoms with Crippen LogP contribution < -0.4 is 4.90 Å². The van der Waals surface area contributed by atoms with Crippen LogP contribution in [0, 0.1) is 11.8 Å². The molecule has 0 spiro atoms. The van der Waals surface area contributed by atoms with Gasteiger partial charge >= 0.3 is 0 Å². The summed E-state index contributed by atoms with van der Waals surface area (Å²) in [6.45, 7) is 0.327. The highest BCUT2D eigenvalue weighted by Crippen LogP contribution is 2.49. The van der Waals surface area contributed by atoms with Crippen LogP contribution in [0.5, 0.6) is 0 Å². The fraction of sp³-hybridized carbons (Fsp3) is 0.207. The number of amides is 2. The molecular formula is C29H24N2O3. The van der Waals surface area contributed by atoms with Gasteiger partial charge in [0, 0.05) is 17.8 Å². The van der Waals surface area contributed by atoms with Gasteiger partial charge in [-0.05, 0) is 23.6 Å². The van der Waals surface area contributed by atoms with Crippen molar-refractivity contribution in [3.05, 3.63) is 108 Å². The number of ketones is 1. The Hall–Kier alpha value is -3.99. The van der Waals surface area contributed by atoms with E-state index in [2.05, 4.69) is 0 Å². The Morgan fingerprint density at radius 1 is 0.765 bits per heavy atom. The Morgan fingerprint density at radius 2 is 1.41 bits per heavy atom. The predicted octanol–water partition coefficient (Wildman–Crippen LogP) is 4.00. The number of carbonyl (C=O) groups is 3. The summed E-state index contributed by atoms with van der Waals surface area (Å²) in [6, 6.07) is 25.7. The number of hydrogen-bond acceptors (Lipinski definition) is 4. The minimum Gasteiger partial charge on any atom is -0.352 e. The van der Waals surface area contributed by atoms with Crippen molar-refractivity contribution in [2.45, 2.75) is 18.5 Å². The lowest BCUT2D eigenvalue weighted by Crippen LogP contribution is -2.49. The van der Waals surface area contributed by atoms with Crippen molar-refractivity contribution in [3.8, 4) is 0 Å². The molecule has 3 aromatic rings. The molecule has 0 aromatic heterocycles. The number of carbonyl (C=O) groups excluding carboxylic acids is 3. The first kappa shape index (κ1) is 20.6. The first-order chi connectivity index (χ1) is 16.6. The molecule has 34 heavy (non-hydrogen) atoms. The maximum Gasteiger partial charge on any atom is 0.235 e. The van der Waals surface area contributed by atoms with Gasteiger partial charge in [-0.2, -0.15) is 0 Å². The highest BCUT2D eigenvalue weighted by molar-refractivity contribution is 6.14. The molecule has 6 rings (SSSR count). The minimum atomic E-state index is -0.721. The summed E-state index contributed by atoms with van der Waals surface area (Å²) in [5, 5.41) is 0. The van der Waals surface area contributed by atoms with Gasteiger partial charge in [0.25, 0.3) is 0 Å². The van der Waals surface area contributed by atoms with Crippen molar-refractivity contribution in [1.82, 2.24) is 4.90 Å². The third-order valence-electron chi connectivity index (χ3n) is 7.30. The Bertz CT molecular complexity index is 1300. The first-order valence-corrected chi connectivity index (χ1v) is 11.7. The Labute approximate surface area is 198 Å². The number of rotatable bonds is 5. The number of anilines is 1. The smallest absolute Gasteiger partial charge is 0.235 e. The van der Waals surface area contributed by atoms with Crippen LogP contribution in [-0.2, 0) is 16.0 Å². The quantitative estimate of drug-likeness (QED) is 0.437. The topological polar surface area (TPSA) is 57.7 Å². The van der Waals surface area contributed by atoms with Crippen LogP contribution in [0.4, 0.5) is 5.69 Å². The second-order valence-electron chi connectivity index (χ2n) is 9.11. The number of para-hydroxylation sites is 1. The SMILES string of the molecule is O=C(c1ccccc1)C1C2C(=O)N(CCc3ccccc3)C(=O)C2C2C=Cc3ccccc3N21. The monoisotopic (exact) mass is 448 g/mol. The molecule has 168 valence electrons. The largest absolute Gasteiger partial charge is 0.352 e. The molecule has 3 aliphatic rings. The number of Topliss-reactive ketones (excluding diaryl/α,β-unsaturated/α-hetero) is 1. The number of hydrogen-bond donors (Lipinski definition) is 0. The van der Waals surface area contributed by atoms with Crippen LogP contribution in [0.2, 0.25) is 0 Å². The molecule has 4 unspecified atom stereocenters. The van der Waals surface area contributed by atoms with E-state index in [4.69, 9.17) is 0 Å². The number of fused-ring (bicyclic) bond motifs is 5. The molecule has 5 nitrogen and oxygen atoms in total. The van der Waals surface area contributed by atoms with Crippen molar-refractivity contribution in [3.63, 3.8) is 0 Å². The van der Waals surface area contributed by atoms with Crippen LogP contribution in [0.15, 0.2) is 91.0 Å². The highest BCUT2D eigenvalue weighted by Gasteiger charge is 2.63. The van der Waals surface area contributed by atoms with E-state index < -0.39 is 17.9 Å². The molecule has 0 aliphatic carbocycles. The number of nitrogens with zero attached hydrogens (tertiary/aromatic N) is 2. The predicted molar refractivity (Wildman–Crippen MR) is 130 cm³/mol. The van der Waals surface area contributed by atoms with Crippen LogP contribution in [0.1, 0.15) is 21.5 Å². The Balaban J connectivity index is 1.39. The summed E-state index contributed by atoms with van der Waals surface area (Å²) >= 11 is 0. The summed E-state index contributed by atoms with van der Waals surface area (Å²) < 4.78 is 0. The molecule has 3 aliphatic heterocycles. The minimum absolute atomic E-state index is 0.116. The lowest BCUT2D eigenvalue weighted by Gasteiger charge is -2.36. The highest BCUT2D eigenvalue weighted by atomic mass is 16.2. The van der Waals surface area contributed by atoms with E-state index in [1.807, 2.05) is 89.8 Å². The summed E-state index contributed by atoms with van der Waals surface area (Å²) in [7, 11) is 0. The molecule has 5 heteroatoms. The number of benzene rings is 3. The molecule has 2 amide bonds. The van der Waals surface area contributed by atoms with E-state index in [9.17, 15) is 14.4 Å². The molecule has 2 saturated heterocycles. The zero-order valence-corrected chi connectivity index (χ0v) is 18.6. The molecule has 2 fully saturated rings. The molecule has 0 N–H and O–H groups in total. The van der Waals surface area contributed by atoms with Gasteiger partial charge in [-0.1, -0.05) is 91.0 Å². The zero-order chi connectivity index (χ0) is 23.2. The van der Waals surface area contributed by atoms with E-state index in [-0.39, 0.29) is 23.6 Å². The van der Waals surface area contributed by atoms with Gasteiger partial charge in [0.1, 0.15) is 6.04 Å². The average Bonchev–Trinajstić information content (AvgIpc) is 3.36. The van der Waals surface area contributed by atoms with Crippen LogP contribution in [0.25, 0.3) is 6.08 Å². The molecule has 0 radical (unpaired) electrons. The van der Waals surface area contributed by atoms with E-state index in [0.29, 0.717) is 18.5 Å². The van der Waals surface area contributed by atoms with Gasteiger partial charge < -0.3 is 4.90 Å². The van der Waals surface area contributed by atoms with Gasteiger partial charge in [-0.3, -0.25) is 19.3 Å². The summed E-state index contributed by atoms with van der Waals surface area (Å²) in [6.07, 6.45) is 4.60. The lowest BCUT2D eigenvalue weighted by molar-refractivity contribution is -0.140. The molecule has 3 heterocycles. The zero-order valence-electron chi connectivity index (χ0n) is 18.6. The maximum atomic E-state index is 13.8. The van der Waals surface area contributed by atoms with Gasteiger partial charge in [0.05, 0.1) is 17.9 Å².